The van der Waals surface area contributed by atoms with Gasteiger partial charge in [-0.1, -0.05) is 48.0 Å². The van der Waals surface area contributed by atoms with Gasteiger partial charge in [-0.3, -0.25) is 10.2 Å². The quantitative estimate of drug-likeness (QED) is 0.584. The van der Waals surface area contributed by atoms with Gasteiger partial charge >= 0.3 is 0 Å². The van der Waals surface area contributed by atoms with Crippen molar-refractivity contribution in [2.45, 2.75) is 20.3 Å². The van der Waals surface area contributed by atoms with Gasteiger partial charge in [-0.05, 0) is 61.0 Å². The molecule has 158 valence electrons. The van der Waals surface area contributed by atoms with E-state index in [1.165, 1.54) is 22.3 Å². The number of aliphatic imine (C=N–C) groups is 1. The van der Waals surface area contributed by atoms with Crippen molar-refractivity contribution in [1.29, 1.82) is 5.41 Å². The van der Waals surface area contributed by atoms with E-state index in [2.05, 4.69) is 42.1 Å². The summed E-state index contributed by atoms with van der Waals surface area (Å²) < 4.78 is 2.02. The molecule has 2 aliphatic heterocycles. The van der Waals surface area contributed by atoms with Crippen molar-refractivity contribution in [1.82, 2.24) is 9.58 Å². The number of benzene rings is 2. The Labute approximate surface area is 190 Å². The number of aromatic nitrogens is 1. The van der Waals surface area contributed by atoms with Crippen LogP contribution >= 0.6 is 11.8 Å². The van der Waals surface area contributed by atoms with Crippen LogP contribution in [0, 0.1) is 19.3 Å². The Balaban J connectivity index is 1.46. The van der Waals surface area contributed by atoms with E-state index in [4.69, 9.17) is 5.41 Å². The first-order valence-corrected chi connectivity index (χ1v) is 11.1. The number of amides is 1. The number of nitrogens with zero attached hydrogens (tertiary/aromatic N) is 4. The lowest BCUT2D eigenvalue weighted by Crippen LogP contribution is -2.35. The van der Waals surface area contributed by atoms with Crippen molar-refractivity contribution in [3.05, 3.63) is 94.8 Å². The van der Waals surface area contributed by atoms with Gasteiger partial charge in [0.25, 0.3) is 5.91 Å². The number of hydrogen-bond acceptors (Lipinski definition) is 4. The highest BCUT2D eigenvalue weighted by Crippen LogP contribution is 2.30. The molecule has 2 aliphatic rings. The van der Waals surface area contributed by atoms with Crippen LogP contribution in [0.2, 0.25) is 0 Å². The normalized spacial score (nSPS) is 16.9. The molecule has 32 heavy (non-hydrogen) atoms. The summed E-state index contributed by atoms with van der Waals surface area (Å²) >= 11 is 1.34. The second kappa shape index (κ2) is 8.09. The Morgan fingerprint density at radius 3 is 2.66 bits per heavy atom. The number of rotatable bonds is 4. The summed E-state index contributed by atoms with van der Waals surface area (Å²) in [6.45, 7) is 4.13. The largest absolute Gasteiger partial charge is 0.317 e. The molecule has 7 heteroatoms. The van der Waals surface area contributed by atoms with Crippen molar-refractivity contribution in [3.8, 4) is 5.69 Å². The molecule has 0 saturated carbocycles. The molecule has 0 unspecified atom stereocenters. The standard InChI is InChI=1S/C25H21N5OS/c1-16-10-11-21(17(2)13-16)29-12-6-9-19(29)15-20-23(26)30-25(27-24(20)31)32-22(28-30)14-18-7-4-3-5-8-18/h3-13,15,26H,14H2,1-2H3/b20-15-,26-23?. The summed E-state index contributed by atoms with van der Waals surface area (Å²) in [6.07, 6.45) is 4.31. The van der Waals surface area contributed by atoms with Gasteiger partial charge in [0.15, 0.2) is 5.84 Å². The van der Waals surface area contributed by atoms with Crippen LogP contribution in [0.3, 0.4) is 0 Å². The molecule has 1 amide bonds. The zero-order valence-corrected chi connectivity index (χ0v) is 18.6. The molecule has 0 bridgehead atoms. The van der Waals surface area contributed by atoms with Crippen LogP contribution in [-0.4, -0.2) is 31.5 Å². The molecular weight excluding hydrogens is 418 g/mol. The van der Waals surface area contributed by atoms with Gasteiger partial charge in [-0.2, -0.15) is 15.1 Å². The van der Waals surface area contributed by atoms with Gasteiger partial charge in [0.2, 0.25) is 5.17 Å². The lowest BCUT2D eigenvalue weighted by Gasteiger charge is -2.20. The number of carbonyl (C=O) groups excluding carboxylic acids is 1. The highest BCUT2D eigenvalue weighted by atomic mass is 32.2. The third-order valence-corrected chi connectivity index (χ3v) is 6.29. The van der Waals surface area contributed by atoms with Crippen LogP contribution < -0.4 is 0 Å². The lowest BCUT2D eigenvalue weighted by molar-refractivity contribution is -0.114. The van der Waals surface area contributed by atoms with E-state index < -0.39 is 5.91 Å². The summed E-state index contributed by atoms with van der Waals surface area (Å²) in [6, 6.07) is 20.1. The number of fused-ring (bicyclic) bond motifs is 1. The van der Waals surface area contributed by atoms with E-state index in [1.54, 1.807) is 6.08 Å². The zero-order chi connectivity index (χ0) is 22.2. The molecule has 0 spiro atoms. The number of hydrogen-bond donors (Lipinski definition) is 1. The smallest absolute Gasteiger partial charge is 0.283 e. The van der Waals surface area contributed by atoms with Crippen molar-refractivity contribution in [2.24, 2.45) is 10.1 Å². The van der Waals surface area contributed by atoms with Crippen molar-refractivity contribution >= 4 is 39.8 Å². The summed E-state index contributed by atoms with van der Waals surface area (Å²) in [5, 5.41) is 15.9. The topological polar surface area (TPSA) is 73.8 Å². The highest BCUT2D eigenvalue weighted by Gasteiger charge is 2.35. The average Bonchev–Trinajstić information content (AvgIpc) is 3.39. The fraction of sp³-hybridized carbons (Fsp3) is 0.120. The van der Waals surface area contributed by atoms with E-state index in [0.29, 0.717) is 11.6 Å². The van der Waals surface area contributed by atoms with Gasteiger partial charge in [-0.25, -0.2) is 0 Å². The fourth-order valence-corrected chi connectivity index (χ4v) is 4.75. The Hall–Kier alpha value is -3.71. The molecule has 2 aromatic carbocycles. The molecule has 0 aliphatic carbocycles. The molecule has 3 aromatic rings. The van der Waals surface area contributed by atoms with E-state index in [9.17, 15) is 4.79 Å². The van der Waals surface area contributed by atoms with Crippen LogP contribution in [0.1, 0.15) is 22.4 Å². The number of thioether (sulfide) groups is 1. The molecule has 0 atom stereocenters. The monoisotopic (exact) mass is 439 g/mol. The number of nitrogens with one attached hydrogen (secondary N) is 1. The second-order valence-electron chi connectivity index (χ2n) is 7.77. The third kappa shape index (κ3) is 3.71. The van der Waals surface area contributed by atoms with Crippen LogP contribution in [0.5, 0.6) is 0 Å². The van der Waals surface area contributed by atoms with E-state index >= 15 is 0 Å². The molecule has 1 aromatic heterocycles. The minimum absolute atomic E-state index is 0.0453. The minimum atomic E-state index is -0.418. The zero-order valence-electron chi connectivity index (χ0n) is 17.7. The van der Waals surface area contributed by atoms with E-state index in [-0.39, 0.29) is 11.4 Å². The molecule has 3 heterocycles. The summed E-state index contributed by atoms with van der Waals surface area (Å²) in [7, 11) is 0. The number of aryl methyl sites for hydroxylation is 2. The molecule has 0 fully saturated rings. The second-order valence-corrected chi connectivity index (χ2v) is 8.81. The van der Waals surface area contributed by atoms with Gasteiger partial charge in [0, 0.05) is 24.0 Å². The molecule has 0 radical (unpaired) electrons. The Bertz CT molecular complexity index is 1330. The van der Waals surface area contributed by atoms with Crippen LogP contribution in [0.4, 0.5) is 0 Å². The Morgan fingerprint density at radius 2 is 1.88 bits per heavy atom. The first-order valence-electron chi connectivity index (χ1n) is 10.3. The highest BCUT2D eigenvalue weighted by molar-refractivity contribution is 8.26. The lowest BCUT2D eigenvalue weighted by atomic mass is 10.1. The van der Waals surface area contributed by atoms with Crippen LogP contribution in [-0.2, 0) is 11.2 Å². The van der Waals surface area contributed by atoms with E-state index in [1.807, 2.05) is 53.2 Å². The third-order valence-electron chi connectivity index (χ3n) is 5.38. The van der Waals surface area contributed by atoms with Gasteiger partial charge in [0.1, 0.15) is 5.04 Å². The number of amidine groups is 2. The van der Waals surface area contributed by atoms with Crippen molar-refractivity contribution in [3.63, 3.8) is 0 Å². The SMILES string of the molecule is Cc1ccc(-n2cccc2/C=C2/C(=N)N3N=C(Cc4ccccc4)SC3=NC2=O)c(C)c1. The summed E-state index contributed by atoms with van der Waals surface area (Å²) in [5.74, 6) is -0.373. The van der Waals surface area contributed by atoms with Crippen LogP contribution in [0.15, 0.2) is 82.5 Å². The Kier molecular flexibility index (Phi) is 5.11. The van der Waals surface area contributed by atoms with Gasteiger partial charge in [0.05, 0.1) is 5.57 Å². The molecule has 5 rings (SSSR count). The number of carbonyl (C=O) groups is 1. The van der Waals surface area contributed by atoms with Gasteiger partial charge < -0.3 is 4.57 Å². The summed E-state index contributed by atoms with van der Waals surface area (Å²) in [5.41, 5.74) is 5.52. The summed E-state index contributed by atoms with van der Waals surface area (Å²) in [4.78, 5) is 17.0. The van der Waals surface area contributed by atoms with Crippen molar-refractivity contribution in [2.75, 3.05) is 0 Å². The predicted octanol–water partition coefficient (Wildman–Crippen LogP) is 4.96. The van der Waals surface area contributed by atoms with Crippen LogP contribution in [0.25, 0.3) is 11.8 Å². The predicted molar refractivity (Wildman–Crippen MR) is 130 cm³/mol. The van der Waals surface area contributed by atoms with Crippen molar-refractivity contribution < 1.29 is 4.79 Å². The maximum Gasteiger partial charge on any atom is 0.283 e. The first-order chi connectivity index (χ1) is 15.5. The maximum absolute atomic E-state index is 12.8. The average molecular weight is 440 g/mol. The number of hydrazone groups is 1. The van der Waals surface area contributed by atoms with E-state index in [0.717, 1.165) is 27.6 Å². The van der Waals surface area contributed by atoms with Gasteiger partial charge in [-0.15, -0.1) is 0 Å². The molecule has 1 N–H and O–H groups in total. The maximum atomic E-state index is 12.8. The Morgan fingerprint density at radius 1 is 1.06 bits per heavy atom. The minimum Gasteiger partial charge on any atom is -0.317 e. The molecule has 6 nitrogen and oxygen atoms in total. The molecule has 0 saturated heterocycles. The molecular formula is C25H21N5OS. The first kappa shape index (κ1) is 20.2. The fourth-order valence-electron chi connectivity index (χ4n) is 3.83.